The summed E-state index contributed by atoms with van der Waals surface area (Å²) < 4.78 is 0. The molecule has 0 radical (unpaired) electrons. The van der Waals surface area contributed by atoms with E-state index in [2.05, 4.69) is 19.2 Å². The van der Waals surface area contributed by atoms with Crippen LogP contribution in [0, 0.1) is 24.0 Å². The lowest BCUT2D eigenvalue weighted by molar-refractivity contribution is -0.385. The van der Waals surface area contributed by atoms with Crippen LogP contribution < -0.4 is 5.32 Å². The highest BCUT2D eigenvalue weighted by atomic mass is 16.6. The van der Waals surface area contributed by atoms with Crippen LogP contribution in [0.3, 0.4) is 0 Å². The van der Waals surface area contributed by atoms with Crippen molar-refractivity contribution in [3.8, 4) is 0 Å². The topological polar surface area (TPSA) is 72.2 Å². The summed E-state index contributed by atoms with van der Waals surface area (Å²) in [6, 6.07) is 10.4. The number of nitrogens with zero attached hydrogens (tertiary/aromatic N) is 1. The molecule has 0 atom stereocenters. The van der Waals surface area contributed by atoms with Gasteiger partial charge in [0.2, 0.25) is 0 Å². The van der Waals surface area contributed by atoms with E-state index < -0.39 is 4.92 Å². The van der Waals surface area contributed by atoms with Crippen molar-refractivity contribution in [2.24, 2.45) is 0 Å². The molecule has 0 saturated heterocycles. The molecule has 0 spiro atoms. The van der Waals surface area contributed by atoms with Gasteiger partial charge < -0.3 is 5.32 Å². The number of nitro benzene ring substituents is 1. The van der Waals surface area contributed by atoms with Crippen LogP contribution in [0.1, 0.15) is 46.8 Å². The second-order valence-electron chi connectivity index (χ2n) is 5.91. The van der Waals surface area contributed by atoms with Crippen molar-refractivity contribution in [2.75, 3.05) is 5.32 Å². The Bertz CT molecular complexity index is 767. The Hall–Kier alpha value is -2.69. The molecule has 0 fully saturated rings. The molecular weight excluding hydrogens is 292 g/mol. The van der Waals surface area contributed by atoms with Crippen LogP contribution in [0.15, 0.2) is 36.4 Å². The fraction of sp³-hybridized carbons (Fsp3) is 0.278. The first-order valence-corrected chi connectivity index (χ1v) is 7.47. The maximum atomic E-state index is 12.5. The van der Waals surface area contributed by atoms with Crippen molar-refractivity contribution in [1.82, 2.24) is 0 Å². The normalized spacial score (nSPS) is 10.7. The van der Waals surface area contributed by atoms with Crippen molar-refractivity contribution in [1.29, 1.82) is 0 Å². The Kier molecular flexibility index (Phi) is 4.79. The Labute approximate surface area is 135 Å². The second kappa shape index (κ2) is 6.60. The second-order valence-corrected chi connectivity index (χ2v) is 5.91. The lowest BCUT2D eigenvalue weighted by atomic mass is 9.98. The van der Waals surface area contributed by atoms with Gasteiger partial charge in [0.25, 0.3) is 11.6 Å². The molecular formula is C18H20N2O3. The van der Waals surface area contributed by atoms with E-state index in [-0.39, 0.29) is 23.1 Å². The summed E-state index contributed by atoms with van der Waals surface area (Å²) in [6.07, 6.45) is 0. The number of amides is 1. The van der Waals surface area contributed by atoms with E-state index in [1.165, 1.54) is 6.07 Å². The van der Waals surface area contributed by atoms with Crippen LogP contribution in [0.25, 0.3) is 0 Å². The Morgan fingerprint density at radius 1 is 1.13 bits per heavy atom. The van der Waals surface area contributed by atoms with Gasteiger partial charge in [0.15, 0.2) is 0 Å². The molecule has 0 bridgehead atoms. The summed E-state index contributed by atoms with van der Waals surface area (Å²) in [5.41, 5.74) is 3.54. The molecule has 0 heterocycles. The Morgan fingerprint density at radius 2 is 1.83 bits per heavy atom. The van der Waals surface area contributed by atoms with Crippen LogP contribution >= 0.6 is 0 Å². The highest BCUT2D eigenvalue weighted by molar-refractivity contribution is 6.05. The van der Waals surface area contributed by atoms with Gasteiger partial charge in [-0.15, -0.1) is 0 Å². The van der Waals surface area contributed by atoms with E-state index in [0.717, 1.165) is 16.8 Å². The zero-order valence-corrected chi connectivity index (χ0v) is 13.7. The molecule has 5 heteroatoms. The zero-order chi connectivity index (χ0) is 17.1. The molecule has 2 rings (SSSR count). The highest BCUT2D eigenvalue weighted by Gasteiger charge is 2.17. The number of para-hydroxylation sites is 1. The van der Waals surface area contributed by atoms with E-state index in [0.29, 0.717) is 5.56 Å². The van der Waals surface area contributed by atoms with Crippen molar-refractivity contribution < 1.29 is 9.72 Å². The van der Waals surface area contributed by atoms with Gasteiger partial charge in [-0.3, -0.25) is 14.9 Å². The minimum absolute atomic E-state index is 0.0495. The lowest BCUT2D eigenvalue weighted by Crippen LogP contribution is -2.15. The fourth-order valence-electron chi connectivity index (χ4n) is 2.48. The molecule has 0 aliphatic carbocycles. The van der Waals surface area contributed by atoms with Crippen LogP contribution in [0.2, 0.25) is 0 Å². The van der Waals surface area contributed by atoms with E-state index in [9.17, 15) is 14.9 Å². The number of nitro groups is 1. The third-order valence-electron chi connectivity index (χ3n) is 3.83. The number of carbonyl (C=O) groups is 1. The SMILES string of the molecule is Cc1ccc(C(=O)Nc2c(C)cccc2C(C)C)cc1[N+](=O)[O-]. The smallest absolute Gasteiger partial charge is 0.273 e. The van der Waals surface area contributed by atoms with Gasteiger partial charge in [0, 0.05) is 22.9 Å². The molecule has 1 N–H and O–H groups in total. The lowest BCUT2D eigenvalue weighted by Gasteiger charge is -2.16. The molecule has 120 valence electrons. The molecule has 0 aromatic heterocycles. The summed E-state index contributed by atoms with van der Waals surface area (Å²) >= 11 is 0. The minimum Gasteiger partial charge on any atom is -0.321 e. The fourth-order valence-corrected chi connectivity index (χ4v) is 2.48. The summed E-state index contributed by atoms with van der Waals surface area (Å²) in [5.74, 6) is -0.0816. The average Bonchev–Trinajstić information content (AvgIpc) is 2.49. The summed E-state index contributed by atoms with van der Waals surface area (Å²) in [5, 5.41) is 13.9. The number of rotatable bonds is 4. The molecule has 0 aliphatic rings. The van der Waals surface area contributed by atoms with Crippen LogP contribution in [-0.2, 0) is 0 Å². The quantitative estimate of drug-likeness (QED) is 0.663. The Balaban J connectivity index is 2.37. The van der Waals surface area contributed by atoms with Gasteiger partial charge >= 0.3 is 0 Å². The van der Waals surface area contributed by atoms with Gasteiger partial charge in [-0.2, -0.15) is 0 Å². The van der Waals surface area contributed by atoms with Crippen molar-refractivity contribution in [3.63, 3.8) is 0 Å². The predicted octanol–water partition coefficient (Wildman–Crippen LogP) is 4.59. The standard InChI is InChI=1S/C18H20N2O3/c1-11(2)15-7-5-6-13(4)17(15)19-18(21)14-9-8-12(3)16(10-14)20(22)23/h5-11H,1-4H3,(H,19,21). The molecule has 0 saturated carbocycles. The number of aryl methyl sites for hydroxylation is 2. The van der Waals surface area contributed by atoms with Gasteiger partial charge in [0.1, 0.15) is 0 Å². The predicted molar refractivity (Wildman–Crippen MR) is 91.1 cm³/mol. The first-order chi connectivity index (χ1) is 10.8. The molecule has 23 heavy (non-hydrogen) atoms. The molecule has 2 aromatic rings. The molecule has 5 nitrogen and oxygen atoms in total. The van der Waals surface area contributed by atoms with Gasteiger partial charge in [-0.25, -0.2) is 0 Å². The minimum atomic E-state index is -0.473. The van der Waals surface area contributed by atoms with Gasteiger partial charge in [0.05, 0.1) is 4.92 Å². The highest BCUT2D eigenvalue weighted by Crippen LogP contribution is 2.28. The molecule has 0 unspecified atom stereocenters. The molecule has 0 aliphatic heterocycles. The van der Waals surface area contributed by atoms with Crippen LogP contribution in [0.4, 0.5) is 11.4 Å². The van der Waals surface area contributed by atoms with Gasteiger partial charge in [-0.05, 0) is 37.0 Å². The monoisotopic (exact) mass is 312 g/mol. The van der Waals surface area contributed by atoms with E-state index in [1.807, 2.05) is 25.1 Å². The van der Waals surface area contributed by atoms with Gasteiger partial charge in [-0.1, -0.05) is 38.1 Å². The van der Waals surface area contributed by atoms with Crippen LogP contribution in [0.5, 0.6) is 0 Å². The number of hydrogen-bond donors (Lipinski definition) is 1. The summed E-state index contributed by atoms with van der Waals surface area (Å²) in [6.45, 7) is 7.69. The van der Waals surface area contributed by atoms with Crippen molar-refractivity contribution in [3.05, 3.63) is 68.8 Å². The molecule has 2 aromatic carbocycles. The number of hydrogen-bond acceptors (Lipinski definition) is 3. The third kappa shape index (κ3) is 3.56. The largest absolute Gasteiger partial charge is 0.321 e. The number of benzene rings is 2. The van der Waals surface area contributed by atoms with Crippen molar-refractivity contribution in [2.45, 2.75) is 33.6 Å². The number of nitrogens with one attached hydrogen (secondary N) is 1. The zero-order valence-electron chi connectivity index (χ0n) is 13.7. The van der Waals surface area contributed by atoms with Crippen molar-refractivity contribution >= 4 is 17.3 Å². The Morgan fingerprint density at radius 3 is 2.43 bits per heavy atom. The van der Waals surface area contributed by atoms with E-state index >= 15 is 0 Å². The summed E-state index contributed by atoms with van der Waals surface area (Å²) in [4.78, 5) is 23.0. The first kappa shape index (κ1) is 16.7. The van der Waals surface area contributed by atoms with E-state index in [1.54, 1.807) is 19.1 Å². The maximum Gasteiger partial charge on any atom is 0.273 e. The van der Waals surface area contributed by atoms with Crippen LogP contribution in [-0.4, -0.2) is 10.8 Å². The maximum absolute atomic E-state index is 12.5. The third-order valence-corrected chi connectivity index (χ3v) is 3.83. The number of anilines is 1. The van der Waals surface area contributed by atoms with E-state index in [4.69, 9.17) is 0 Å². The average molecular weight is 312 g/mol. The molecule has 1 amide bonds. The first-order valence-electron chi connectivity index (χ1n) is 7.47. The number of carbonyl (C=O) groups excluding carboxylic acids is 1. The summed E-state index contributed by atoms with van der Waals surface area (Å²) in [7, 11) is 0.